The van der Waals surface area contributed by atoms with E-state index < -0.39 is 11.5 Å². The first-order valence-electron chi connectivity index (χ1n) is 3.31. The summed E-state index contributed by atoms with van der Waals surface area (Å²) in [7, 11) is 0. The summed E-state index contributed by atoms with van der Waals surface area (Å²) in [6.45, 7) is 6.56. The number of amides is 1. The van der Waals surface area contributed by atoms with E-state index in [1.54, 1.807) is 20.8 Å². The second kappa shape index (κ2) is 3.37. The van der Waals surface area contributed by atoms with Crippen LogP contribution < -0.4 is 0 Å². The summed E-state index contributed by atoms with van der Waals surface area (Å²) >= 11 is 0. The van der Waals surface area contributed by atoms with Crippen molar-refractivity contribution >= 4 is 12.4 Å². The van der Waals surface area contributed by atoms with Gasteiger partial charge >= 0.3 is 5.97 Å². The zero-order valence-electron chi connectivity index (χ0n) is 7.25. The third-order valence-corrected chi connectivity index (χ3v) is 0.984. The molecule has 0 heterocycles. The van der Waals surface area contributed by atoms with Crippen LogP contribution in [0, 0.1) is 0 Å². The Balaban J connectivity index is 4.18. The van der Waals surface area contributed by atoms with Gasteiger partial charge in [-0.2, -0.15) is 5.06 Å². The second-order valence-corrected chi connectivity index (χ2v) is 3.18. The SMILES string of the molecule is CC(=O)ON(C=O)C(C)(C)C. The topological polar surface area (TPSA) is 46.6 Å². The molecule has 0 unspecified atom stereocenters. The maximum absolute atomic E-state index is 10.4. The third-order valence-electron chi connectivity index (χ3n) is 0.984. The van der Waals surface area contributed by atoms with E-state index >= 15 is 0 Å². The highest BCUT2D eigenvalue weighted by molar-refractivity contribution is 5.67. The van der Waals surface area contributed by atoms with E-state index in [9.17, 15) is 9.59 Å². The molecule has 1 amide bonds. The van der Waals surface area contributed by atoms with Gasteiger partial charge < -0.3 is 4.84 Å². The van der Waals surface area contributed by atoms with Gasteiger partial charge in [0.2, 0.25) is 6.41 Å². The molecule has 0 aliphatic carbocycles. The molecule has 0 aliphatic rings. The number of hydrogen-bond acceptors (Lipinski definition) is 3. The number of carbonyl (C=O) groups excluding carboxylic acids is 2. The number of hydroxylamine groups is 2. The molecule has 0 fully saturated rings. The van der Waals surface area contributed by atoms with Crippen LogP contribution in [0.2, 0.25) is 0 Å². The maximum atomic E-state index is 10.4. The van der Waals surface area contributed by atoms with E-state index in [1.165, 1.54) is 6.92 Å². The quantitative estimate of drug-likeness (QED) is 0.440. The molecule has 0 N–H and O–H groups in total. The van der Waals surface area contributed by atoms with Crippen molar-refractivity contribution < 1.29 is 14.4 Å². The average molecular weight is 159 g/mol. The smallest absolute Gasteiger partial charge is 0.329 e. The molecule has 0 rings (SSSR count). The highest BCUT2D eigenvalue weighted by Crippen LogP contribution is 2.10. The Morgan fingerprint density at radius 2 is 1.91 bits per heavy atom. The lowest BCUT2D eigenvalue weighted by molar-refractivity contribution is -0.206. The predicted molar refractivity (Wildman–Crippen MR) is 39.4 cm³/mol. The van der Waals surface area contributed by atoms with Crippen LogP contribution in [-0.2, 0) is 14.4 Å². The van der Waals surface area contributed by atoms with Gasteiger partial charge in [0.1, 0.15) is 0 Å². The molecule has 4 nitrogen and oxygen atoms in total. The second-order valence-electron chi connectivity index (χ2n) is 3.18. The first kappa shape index (κ1) is 9.94. The molecule has 0 bridgehead atoms. The molecule has 64 valence electrons. The van der Waals surface area contributed by atoms with E-state index in [1.807, 2.05) is 0 Å². The maximum Gasteiger partial charge on any atom is 0.329 e. The molecule has 0 saturated carbocycles. The summed E-state index contributed by atoms with van der Waals surface area (Å²) in [5.74, 6) is -0.493. The first-order chi connectivity index (χ1) is 4.88. The van der Waals surface area contributed by atoms with Crippen molar-refractivity contribution in [3.05, 3.63) is 0 Å². The Kier molecular flexibility index (Phi) is 3.04. The summed E-state index contributed by atoms with van der Waals surface area (Å²) in [6.07, 6.45) is 0.488. The molecule has 0 aromatic heterocycles. The van der Waals surface area contributed by atoms with Crippen LogP contribution >= 0.6 is 0 Å². The van der Waals surface area contributed by atoms with Gasteiger partial charge in [-0.3, -0.25) is 9.59 Å². The van der Waals surface area contributed by atoms with E-state index in [4.69, 9.17) is 0 Å². The number of hydrogen-bond donors (Lipinski definition) is 0. The van der Waals surface area contributed by atoms with Gasteiger partial charge in [0.25, 0.3) is 0 Å². The monoisotopic (exact) mass is 159 g/mol. The van der Waals surface area contributed by atoms with Crippen LogP contribution in [0.15, 0.2) is 0 Å². The van der Waals surface area contributed by atoms with Crippen molar-refractivity contribution in [2.24, 2.45) is 0 Å². The van der Waals surface area contributed by atoms with Gasteiger partial charge in [0.05, 0.1) is 5.54 Å². The van der Waals surface area contributed by atoms with E-state index in [2.05, 4.69) is 4.84 Å². The molecule has 11 heavy (non-hydrogen) atoms. The molecule has 0 atom stereocenters. The average Bonchev–Trinajstić information content (AvgIpc) is 1.79. The van der Waals surface area contributed by atoms with E-state index in [-0.39, 0.29) is 0 Å². The van der Waals surface area contributed by atoms with Crippen LogP contribution in [0.25, 0.3) is 0 Å². The summed E-state index contributed by atoms with van der Waals surface area (Å²) in [6, 6.07) is 0. The van der Waals surface area contributed by atoms with Crippen LogP contribution in [0.3, 0.4) is 0 Å². The fourth-order valence-electron chi connectivity index (χ4n) is 0.455. The van der Waals surface area contributed by atoms with Gasteiger partial charge in [-0.15, -0.1) is 0 Å². The normalized spacial score (nSPS) is 10.5. The molecular formula is C7H13NO3. The molecule has 0 aliphatic heterocycles. The van der Waals surface area contributed by atoms with Crippen molar-refractivity contribution in [1.29, 1.82) is 0 Å². The molecule has 4 heteroatoms. The minimum absolute atomic E-state index is 0.479. The van der Waals surface area contributed by atoms with Crippen molar-refractivity contribution in [2.45, 2.75) is 33.2 Å². The Hall–Kier alpha value is -1.06. The number of carbonyl (C=O) groups is 2. The zero-order valence-corrected chi connectivity index (χ0v) is 7.25. The Morgan fingerprint density at radius 3 is 2.00 bits per heavy atom. The van der Waals surface area contributed by atoms with Crippen molar-refractivity contribution in [3.8, 4) is 0 Å². The minimum Gasteiger partial charge on any atom is -0.338 e. The van der Waals surface area contributed by atoms with Crippen LogP contribution in [-0.4, -0.2) is 23.0 Å². The molecule has 0 saturated heterocycles. The lowest BCUT2D eigenvalue weighted by Gasteiger charge is -2.28. The fourth-order valence-corrected chi connectivity index (χ4v) is 0.455. The summed E-state index contributed by atoms with van der Waals surface area (Å²) in [5, 5.41) is 0.981. The van der Waals surface area contributed by atoms with Crippen LogP contribution in [0.1, 0.15) is 27.7 Å². The van der Waals surface area contributed by atoms with Crippen LogP contribution in [0.5, 0.6) is 0 Å². The van der Waals surface area contributed by atoms with Crippen molar-refractivity contribution in [3.63, 3.8) is 0 Å². The molecule has 0 aromatic rings. The molecular weight excluding hydrogens is 146 g/mol. The minimum atomic E-state index is -0.493. The Morgan fingerprint density at radius 1 is 1.45 bits per heavy atom. The largest absolute Gasteiger partial charge is 0.338 e. The van der Waals surface area contributed by atoms with Gasteiger partial charge in [0.15, 0.2) is 0 Å². The Labute approximate surface area is 66.1 Å². The van der Waals surface area contributed by atoms with E-state index in [0.29, 0.717) is 6.41 Å². The predicted octanol–water partition coefficient (Wildman–Crippen LogP) is 0.721. The standard InChI is InChI=1S/C7H13NO3/c1-6(10)11-8(5-9)7(2,3)4/h5H,1-4H3. The van der Waals surface area contributed by atoms with Crippen LogP contribution in [0.4, 0.5) is 0 Å². The molecule has 0 aromatic carbocycles. The zero-order chi connectivity index (χ0) is 9.07. The molecule has 0 radical (unpaired) electrons. The highest BCUT2D eigenvalue weighted by Gasteiger charge is 2.22. The van der Waals surface area contributed by atoms with Crippen molar-refractivity contribution in [1.82, 2.24) is 5.06 Å². The highest BCUT2D eigenvalue weighted by atomic mass is 16.7. The lowest BCUT2D eigenvalue weighted by atomic mass is 10.1. The fraction of sp³-hybridized carbons (Fsp3) is 0.714. The van der Waals surface area contributed by atoms with Gasteiger partial charge in [-0.1, -0.05) is 0 Å². The summed E-state index contributed by atoms with van der Waals surface area (Å²) in [5.41, 5.74) is -0.479. The van der Waals surface area contributed by atoms with Gasteiger partial charge in [-0.25, -0.2) is 0 Å². The van der Waals surface area contributed by atoms with Gasteiger partial charge in [-0.05, 0) is 20.8 Å². The first-order valence-corrected chi connectivity index (χ1v) is 3.31. The van der Waals surface area contributed by atoms with Gasteiger partial charge in [0, 0.05) is 6.92 Å². The lowest BCUT2D eigenvalue weighted by Crippen LogP contribution is -2.41. The number of nitrogens with zero attached hydrogens (tertiary/aromatic N) is 1. The Bertz CT molecular complexity index is 160. The third kappa shape index (κ3) is 3.60. The summed E-state index contributed by atoms with van der Waals surface area (Å²) < 4.78 is 0. The number of rotatable bonds is 2. The van der Waals surface area contributed by atoms with Crippen molar-refractivity contribution in [2.75, 3.05) is 0 Å². The van der Waals surface area contributed by atoms with E-state index in [0.717, 1.165) is 5.06 Å². The summed E-state index contributed by atoms with van der Waals surface area (Å²) in [4.78, 5) is 25.4. The molecule has 0 spiro atoms.